The maximum absolute atomic E-state index is 11.5. The van der Waals surface area contributed by atoms with E-state index in [1.54, 1.807) is 0 Å². The van der Waals surface area contributed by atoms with Crippen LogP contribution in [0, 0.1) is 6.92 Å². The number of likely N-dealkylation sites (tertiary alicyclic amines) is 1. The Hall–Kier alpha value is -1.29. The normalized spacial score (nSPS) is 28.6. The van der Waals surface area contributed by atoms with Crippen LogP contribution in [0.15, 0.2) is 16.5 Å². The third kappa shape index (κ3) is 2.84. The monoisotopic (exact) mass is 262 g/mol. The van der Waals surface area contributed by atoms with Crippen LogP contribution in [0.5, 0.6) is 0 Å². The Kier molecular flexibility index (Phi) is 3.35. The zero-order valence-corrected chi connectivity index (χ0v) is 11.6. The Balaban J connectivity index is 1.60. The Labute approximate surface area is 114 Å². The molecule has 0 bridgehead atoms. The molecule has 1 aromatic heterocycles. The van der Waals surface area contributed by atoms with Gasteiger partial charge in [0.05, 0.1) is 6.54 Å². The lowest BCUT2D eigenvalue weighted by atomic mass is 9.89. The third-order valence-electron chi connectivity index (χ3n) is 4.45. The van der Waals surface area contributed by atoms with Gasteiger partial charge in [-0.2, -0.15) is 0 Å². The highest BCUT2D eigenvalue weighted by molar-refractivity contribution is 5.79. The average Bonchev–Trinajstić information content (AvgIpc) is 2.87. The van der Waals surface area contributed by atoms with E-state index >= 15 is 0 Å². The number of nitrogens with one attached hydrogen (secondary N) is 1. The van der Waals surface area contributed by atoms with E-state index in [0.29, 0.717) is 6.42 Å². The highest BCUT2D eigenvalue weighted by Gasteiger charge is 2.38. The maximum Gasteiger partial charge on any atom is 0.220 e. The van der Waals surface area contributed by atoms with Crippen molar-refractivity contribution in [3.63, 3.8) is 0 Å². The van der Waals surface area contributed by atoms with Gasteiger partial charge in [-0.3, -0.25) is 9.69 Å². The van der Waals surface area contributed by atoms with Crippen LogP contribution < -0.4 is 5.32 Å². The van der Waals surface area contributed by atoms with Crippen LogP contribution in [0.2, 0.25) is 0 Å². The molecule has 2 aliphatic heterocycles. The number of carbonyl (C=O) groups excluding carboxylic acids is 1. The van der Waals surface area contributed by atoms with Gasteiger partial charge in [-0.25, -0.2) is 0 Å². The molecule has 1 aromatic rings. The van der Waals surface area contributed by atoms with E-state index in [9.17, 15) is 4.79 Å². The molecular formula is C15H22N2O2. The predicted octanol–water partition coefficient (Wildman–Crippen LogP) is 2.22. The zero-order chi connectivity index (χ0) is 13.3. The summed E-state index contributed by atoms with van der Waals surface area (Å²) in [5.74, 6) is 2.25. The SMILES string of the molecule is Cc1ccc(CN2CCC[C@@]3(CCC(=O)N3)CC2)o1. The van der Waals surface area contributed by atoms with Crippen molar-refractivity contribution in [2.24, 2.45) is 0 Å². The molecule has 0 aliphatic carbocycles. The maximum atomic E-state index is 11.5. The molecule has 1 atom stereocenters. The summed E-state index contributed by atoms with van der Waals surface area (Å²) in [6.07, 6.45) is 5.06. The Morgan fingerprint density at radius 3 is 2.89 bits per heavy atom. The second kappa shape index (κ2) is 5.00. The van der Waals surface area contributed by atoms with Crippen molar-refractivity contribution in [1.29, 1.82) is 0 Å². The molecule has 2 saturated heterocycles. The van der Waals surface area contributed by atoms with E-state index in [2.05, 4.69) is 16.3 Å². The first-order chi connectivity index (χ1) is 9.15. The van der Waals surface area contributed by atoms with Crippen molar-refractivity contribution in [1.82, 2.24) is 10.2 Å². The lowest BCUT2D eigenvalue weighted by Gasteiger charge is -2.27. The summed E-state index contributed by atoms with van der Waals surface area (Å²) in [6, 6.07) is 4.08. The van der Waals surface area contributed by atoms with Crippen LogP contribution in [0.4, 0.5) is 0 Å². The molecule has 0 unspecified atom stereocenters. The number of carbonyl (C=O) groups is 1. The summed E-state index contributed by atoms with van der Waals surface area (Å²) in [5.41, 5.74) is 0.0882. The number of rotatable bonds is 2. The second-order valence-corrected chi connectivity index (χ2v) is 5.97. The lowest BCUT2D eigenvalue weighted by Crippen LogP contribution is -2.42. The number of furan rings is 1. The van der Waals surface area contributed by atoms with Gasteiger partial charge in [-0.1, -0.05) is 0 Å². The van der Waals surface area contributed by atoms with Gasteiger partial charge in [0.25, 0.3) is 0 Å². The molecule has 1 amide bonds. The van der Waals surface area contributed by atoms with Crippen molar-refractivity contribution in [3.05, 3.63) is 23.7 Å². The summed E-state index contributed by atoms with van der Waals surface area (Å²) in [6.45, 7) is 5.00. The van der Waals surface area contributed by atoms with Gasteiger partial charge < -0.3 is 9.73 Å². The van der Waals surface area contributed by atoms with Gasteiger partial charge in [0.1, 0.15) is 11.5 Å². The molecule has 3 rings (SSSR count). The second-order valence-electron chi connectivity index (χ2n) is 5.97. The topological polar surface area (TPSA) is 45.5 Å². The Bertz CT molecular complexity index is 468. The first kappa shape index (κ1) is 12.7. The van der Waals surface area contributed by atoms with Crippen LogP contribution in [0.1, 0.15) is 43.6 Å². The first-order valence-corrected chi connectivity index (χ1v) is 7.24. The fourth-order valence-corrected chi connectivity index (χ4v) is 3.35. The number of hydrogen-bond acceptors (Lipinski definition) is 3. The number of aryl methyl sites for hydroxylation is 1. The smallest absolute Gasteiger partial charge is 0.220 e. The fourth-order valence-electron chi connectivity index (χ4n) is 3.35. The highest BCUT2D eigenvalue weighted by atomic mass is 16.3. The molecule has 104 valence electrons. The minimum Gasteiger partial charge on any atom is -0.465 e. The summed E-state index contributed by atoms with van der Waals surface area (Å²) in [4.78, 5) is 13.9. The van der Waals surface area contributed by atoms with Gasteiger partial charge in [-0.15, -0.1) is 0 Å². The molecular weight excluding hydrogens is 240 g/mol. The summed E-state index contributed by atoms with van der Waals surface area (Å²) < 4.78 is 5.65. The molecule has 4 nitrogen and oxygen atoms in total. The molecule has 1 spiro atoms. The lowest BCUT2D eigenvalue weighted by molar-refractivity contribution is -0.119. The molecule has 2 fully saturated rings. The third-order valence-corrected chi connectivity index (χ3v) is 4.45. The van der Waals surface area contributed by atoms with E-state index in [1.165, 1.54) is 0 Å². The van der Waals surface area contributed by atoms with Crippen molar-refractivity contribution in [3.8, 4) is 0 Å². The molecule has 3 heterocycles. The minimum atomic E-state index is 0.0882. The highest BCUT2D eigenvalue weighted by Crippen LogP contribution is 2.31. The summed E-state index contributed by atoms with van der Waals surface area (Å²) >= 11 is 0. The molecule has 0 saturated carbocycles. The molecule has 1 N–H and O–H groups in total. The first-order valence-electron chi connectivity index (χ1n) is 7.24. The van der Waals surface area contributed by atoms with Crippen LogP contribution in [0.25, 0.3) is 0 Å². The largest absolute Gasteiger partial charge is 0.465 e. The minimum absolute atomic E-state index is 0.0882. The Morgan fingerprint density at radius 2 is 2.21 bits per heavy atom. The summed E-state index contributed by atoms with van der Waals surface area (Å²) in [7, 11) is 0. The van der Waals surface area contributed by atoms with E-state index in [1.807, 2.05) is 13.0 Å². The standard InChI is InChI=1S/C15H22N2O2/c1-12-3-4-13(19-12)11-17-9-2-6-15(8-10-17)7-5-14(18)16-15/h3-4H,2,5-11H2,1H3,(H,16,18)/t15-/m1/s1. The van der Waals surface area contributed by atoms with E-state index < -0.39 is 0 Å². The quantitative estimate of drug-likeness (QED) is 0.889. The van der Waals surface area contributed by atoms with Crippen LogP contribution in [0.3, 0.4) is 0 Å². The van der Waals surface area contributed by atoms with Crippen molar-refractivity contribution < 1.29 is 9.21 Å². The molecule has 0 radical (unpaired) electrons. The zero-order valence-electron chi connectivity index (χ0n) is 11.6. The van der Waals surface area contributed by atoms with Gasteiger partial charge in [0.2, 0.25) is 5.91 Å². The van der Waals surface area contributed by atoms with Crippen LogP contribution in [-0.4, -0.2) is 29.4 Å². The van der Waals surface area contributed by atoms with Gasteiger partial charge in [0.15, 0.2) is 0 Å². The van der Waals surface area contributed by atoms with Crippen LogP contribution >= 0.6 is 0 Å². The molecule has 2 aliphatic rings. The number of amides is 1. The van der Waals surface area contributed by atoms with Crippen LogP contribution in [-0.2, 0) is 11.3 Å². The summed E-state index contributed by atoms with van der Waals surface area (Å²) in [5, 5.41) is 3.21. The Morgan fingerprint density at radius 1 is 1.32 bits per heavy atom. The average molecular weight is 262 g/mol. The van der Waals surface area contributed by atoms with E-state index in [4.69, 9.17) is 4.42 Å². The molecule has 4 heteroatoms. The van der Waals surface area contributed by atoms with Gasteiger partial charge in [-0.05, 0) is 51.3 Å². The van der Waals surface area contributed by atoms with Gasteiger partial charge >= 0.3 is 0 Å². The predicted molar refractivity (Wildman–Crippen MR) is 72.7 cm³/mol. The van der Waals surface area contributed by atoms with Crippen molar-refractivity contribution >= 4 is 5.91 Å². The fraction of sp³-hybridized carbons (Fsp3) is 0.667. The number of hydrogen-bond donors (Lipinski definition) is 1. The van der Waals surface area contributed by atoms with E-state index in [0.717, 1.165) is 56.8 Å². The molecule has 0 aromatic carbocycles. The number of nitrogens with zero attached hydrogens (tertiary/aromatic N) is 1. The molecule has 19 heavy (non-hydrogen) atoms. The van der Waals surface area contributed by atoms with Crippen molar-refractivity contribution in [2.75, 3.05) is 13.1 Å². The van der Waals surface area contributed by atoms with Gasteiger partial charge in [0, 0.05) is 18.5 Å². The van der Waals surface area contributed by atoms with E-state index in [-0.39, 0.29) is 11.4 Å². The van der Waals surface area contributed by atoms with Crippen molar-refractivity contribution in [2.45, 2.75) is 51.1 Å².